The lowest BCUT2D eigenvalue weighted by Gasteiger charge is -1.97. The van der Waals surface area contributed by atoms with Gasteiger partial charge in [-0.05, 0) is 0 Å². The van der Waals surface area contributed by atoms with Crippen LogP contribution in [-0.4, -0.2) is 27.1 Å². The Hall–Kier alpha value is -0.720. The zero-order valence-electron chi connectivity index (χ0n) is 4.87. The minimum absolute atomic E-state index is 0.507. The van der Waals surface area contributed by atoms with Crippen molar-refractivity contribution in [3.8, 4) is 0 Å². The molecule has 0 saturated carbocycles. The number of carbonyl (C=O) groups is 1. The van der Waals surface area contributed by atoms with Gasteiger partial charge in [0.2, 0.25) is 0 Å². The molecule has 0 N–H and O–H groups in total. The summed E-state index contributed by atoms with van der Waals surface area (Å²) >= 11 is 0. The van der Waals surface area contributed by atoms with E-state index < -0.39 is 22.5 Å². The van der Waals surface area contributed by atoms with E-state index in [1.165, 1.54) is 0 Å². The Kier molecular flexibility index (Phi) is 2.70. The van der Waals surface area contributed by atoms with Gasteiger partial charge in [-0.3, -0.25) is 0 Å². The second kappa shape index (κ2) is 2.91. The fourth-order valence-corrected chi connectivity index (χ4v) is 0.557. The highest BCUT2D eigenvalue weighted by Gasteiger charge is 2.21. The summed E-state index contributed by atoms with van der Waals surface area (Å²) in [5.74, 6) is -2.05. The highest BCUT2D eigenvalue weighted by Crippen LogP contribution is 1.98. The average molecular weight is 174 g/mol. The van der Waals surface area contributed by atoms with Gasteiger partial charge < -0.3 is 4.18 Å². The molecule has 0 unspecified atom stereocenters. The van der Waals surface area contributed by atoms with Gasteiger partial charge in [-0.2, -0.15) is 17.2 Å². The lowest BCUT2D eigenvalue weighted by atomic mass is 10.7. The number of hydrogen-bond acceptors (Lipinski definition) is 4. The van der Waals surface area contributed by atoms with Crippen LogP contribution < -0.4 is 0 Å². The monoisotopic (exact) mass is 174 g/mol. The summed E-state index contributed by atoms with van der Waals surface area (Å²) in [4.78, 5) is 9.81. The van der Waals surface area contributed by atoms with Crippen LogP contribution in [0.3, 0.4) is 0 Å². The second-order valence-electron chi connectivity index (χ2n) is 1.41. The third kappa shape index (κ3) is 4.19. The van der Waals surface area contributed by atoms with E-state index in [-0.39, 0.29) is 0 Å². The standard InChI is InChI=1S/C3H4F2O4S/c1-10(7,8)9-3(6)2(4)5/h2H,1H3. The van der Waals surface area contributed by atoms with Gasteiger partial charge >= 0.3 is 22.5 Å². The Labute approximate surface area is 55.9 Å². The maximum atomic E-state index is 11.2. The fraction of sp³-hybridized carbons (Fsp3) is 0.667. The van der Waals surface area contributed by atoms with Crippen molar-refractivity contribution in [1.82, 2.24) is 0 Å². The molecule has 0 aromatic rings. The van der Waals surface area contributed by atoms with Crippen LogP contribution in [0.4, 0.5) is 8.78 Å². The lowest BCUT2D eigenvalue weighted by molar-refractivity contribution is -0.145. The van der Waals surface area contributed by atoms with Gasteiger partial charge in [0.1, 0.15) is 0 Å². The molecule has 0 bridgehead atoms. The van der Waals surface area contributed by atoms with Crippen LogP contribution in [0.25, 0.3) is 0 Å². The highest BCUT2D eigenvalue weighted by molar-refractivity contribution is 7.86. The van der Waals surface area contributed by atoms with Crippen LogP contribution in [0, 0.1) is 0 Å². The molecule has 4 nitrogen and oxygen atoms in total. The predicted molar refractivity (Wildman–Crippen MR) is 26.9 cm³/mol. The maximum Gasteiger partial charge on any atom is 0.389 e. The molecule has 0 aliphatic rings. The van der Waals surface area contributed by atoms with Gasteiger partial charge in [0.05, 0.1) is 6.26 Å². The number of halogens is 2. The predicted octanol–water partition coefficient (Wildman–Crippen LogP) is -0.246. The van der Waals surface area contributed by atoms with Crippen molar-refractivity contribution in [2.45, 2.75) is 6.43 Å². The third-order valence-corrected chi connectivity index (χ3v) is 0.879. The van der Waals surface area contributed by atoms with Crippen molar-refractivity contribution >= 4 is 16.1 Å². The van der Waals surface area contributed by atoms with Gasteiger partial charge in [0, 0.05) is 0 Å². The molecular weight excluding hydrogens is 170 g/mol. The first-order valence-corrected chi connectivity index (χ1v) is 3.86. The molecule has 7 heteroatoms. The van der Waals surface area contributed by atoms with Crippen LogP contribution in [-0.2, 0) is 19.1 Å². The number of carbonyl (C=O) groups excluding carboxylic acids is 1. The first-order chi connectivity index (χ1) is 4.33. The third-order valence-electron chi connectivity index (χ3n) is 0.412. The maximum absolute atomic E-state index is 11.2. The molecule has 0 spiro atoms. The van der Waals surface area contributed by atoms with Crippen molar-refractivity contribution in [1.29, 1.82) is 0 Å². The van der Waals surface area contributed by atoms with Crippen molar-refractivity contribution in [2.75, 3.05) is 6.26 Å². The molecule has 0 amide bonds. The van der Waals surface area contributed by atoms with E-state index in [1.807, 2.05) is 0 Å². The van der Waals surface area contributed by atoms with E-state index in [4.69, 9.17) is 0 Å². The minimum atomic E-state index is -4.10. The quantitative estimate of drug-likeness (QED) is 0.542. The zero-order valence-corrected chi connectivity index (χ0v) is 5.69. The number of hydrogen-bond donors (Lipinski definition) is 0. The molecule has 0 fully saturated rings. The van der Waals surface area contributed by atoms with Crippen LogP contribution in [0.5, 0.6) is 0 Å². The summed E-state index contributed by atoms with van der Waals surface area (Å²) in [5, 5.41) is 0. The molecule has 0 radical (unpaired) electrons. The molecule has 0 saturated heterocycles. The normalized spacial score (nSPS) is 11.6. The van der Waals surface area contributed by atoms with E-state index in [0.717, 1.165) is 0 Å². The Bertz CT molecular complexity index is 219. The first kappa shape index (κ1) is 9.28. The van der Waals surface area contributed by atoms with Gasteiger partial charge in [0.25, 0.3) is 0 Å². The van der Waals surface area contributed by atoms with E-state index in [1.54, 1.807) is 0 Å². The van der Waals surface area contributed by atoms with E-state index in [2.05, 4.69) is 4.18 Å². The van der Waals surface area contributed by atoms with Crippen molar-refractivity contribution < 1.29 is 26.2 Å². The average Bonchev–Trinajstić information content (AvgIpc) is 1.60. The SMILES string of the molecule is CS(=O)(=O)OC(=O)C(F)F. The van der Waals surface area contributed by atoms with E-state index >= 15 is 0 Å². The summed E-state index contributed by atoms with van der Waals surface area (Å²) in [6.07, 6.45) is -2.90. The summed E-state index contributed by atoms with van der Waals surface area (Å²) in [5.41, 5.74) is 0. The molecule has 0 atom stereocenters. The molecule has 0 aromatic carbocycles. The summed E-state index contributed by atoms with van der Waals surface area (Å²) in [6.45, 7) is 0. The lowest BCUT2D eigenvalue weighted by Crippen LogP contribution is -2.18. The summed E-state index contributed by atoms with van der Waals surface area (Å²) < 4.78 is 45.7. The number of rotatable bonds is 2. The zero-order chi connectivity index (χ0) is 8.36. The van der Waals surface area contributed by atoms with E-state index in [9.17, 15) is 22.0 Å². The van der Waals surface area contributed by atoms with Crippen molar-refractivity contribution in [3.05, 3.63) is 0 Å². The van der Waals surface area contributed by atoms with E-state index in [0.29, 0.717) is 6.26 Å². The van der Waals surface area contributed by atoms with Crippen LogP contribution in [0.2, 0.25) is 0 Å². The Morgan fingerprint density at radius 3 is 2.00 bits per heavy atom. The molecular formula is C3H4F2O4S. The van der Waals surface area contributed by atoms with Gasteiger partial charge in [0.15, 0.2) is 0 Å². The van der Waals surface area contributed by atoms with Gasteiger partial charge in [-0.25, -0.2) is 4.79 Å². The molecule has 60 valence electrons. The summed E-state index contributed by atoms with van der Waals surface area (Å²) in [6, 6.07) is 0. The number of alkyl halides is 2. The van der Waals surface area contributed by atoms with Crippen LogP contribution in [0.1, 0.15) is 0 Å². The molecule has 0 rings (SSSR count). The minimum Gasteiger partial charge on any atom is -0.341 e. The van der Waals surface area contributed by atoms with Gasteiger partial charge in [-0.15, -0.1) is 0 Å². The topological polar surface area (TPSA) is 60.4 Å². The Balaban J connectivity index is 4.07. The Morgan fingerprint density at radius 2 is 1.90 bits per heavy atom. The van der Waals surface area contributed by atoms with Gasteiger partial charge in [-0.1, -0.05) is 0 Å². The highest BCUT2D eigenvalue weighted by atomic mass is 32.2. The largest absolute Gasteiger partial charge is 0.389 e. The second-order valence-corrected chi connectivity index (χ2v) is 2.98. The van der Waals surface area contributed by atoms with Crippen LogP contribution in [0.15, 0.2) is 0 Å². The molecule has 0 heterocycles. The smallest absolute Gasteiger partial charge is 0.341 e. The molecule has 0 aromatic heterocycles. The van der Waals surface area contributed by atoms with Crippen molar-refractivity contribution in [3.63, 3.8) is 0 Å². The first-order valence-electron chi connectivity index (χ1n) is 2.04. The Morgan fingerprint density at radius 1 is 1.50 bits per heavy atom. The van der Waals surface area contributed by atoms with Crippen molar-refractivity contribution in [2.24, 2.45) is 0 Å². The molecule has 10 heavy (non-hydrogen) atoms. The fourth-order valence-electron chi connectivity index (χ4n) is 0.186. The molecule has 0 aliphatic carbocycles. The molecule has 0 aliphatic heterocycles. The van der Waals surface area contributed by atoms with Crippen LogP contribution >= 0.6 is 0 Å². The summed E-state index contributed by atoms with van der Waals surface area (Å²) in [7, 11) is -4.10.